The highest BCUT2D eigenvalue weighted by molar-refractivity contribution is 5.85. The summed E-state index contributed by atoms with van der Waals surface area (Å²) in [5, 5.41) is 12.3. The lowest BCUT2D eigenvalue weighted by atomic mass is 10.0. The molecule has 0 heterocycles. The smallest absolute Gasteiger partial charge is 0.408 e. The molecular weight excluding hydrogens is 312 g/mol. The average molecular weight is 338 g/mol. The van der Waals surface area contributed by atoms with E-state index in [2.05, 4.69) is 5.32 Å². The zero-order valence-corrected chi connectivity index (χ0v) is 14.6. The summed E-state index contributed by atoms with van der Waals surface area (Å²) in [4.78, 5) is 25.4. The van der Waals surface area contributed by atoms with Crippen molar-refractivity contribution in [2.24, 2.45) is 5.92 Å². The molecule has 0 aromatic heterocycles. The Kier molecular flexibility index (Phi) is 8.21. The first kappa shape index (κ1) is 19.9. The monoisotopic (exact) mass is 338 g/mol. The fraction of sp³-hybridized carbons (Fsp3) is 0.529. The van der Waals surface area contributed by atoms with Gasteiger partial charge in [0.25, 0.3) is 0 Å². The minimum absolute atomic E-state index is 0.143. The highest BCUT2D eigenvalue weighted by atomic mass is 16.7. The van der Waals surface area contributed by atoms with Gasteiger partial charge >= 0.3 is 6.09 Å². The maximum Gasteiger partial charge on any atom is 0.408 e. The van der Waals surface area contributed by atoms with E-state index in [-0.39, 0.29) is 24.9 Å². The highest BCUT2D eigenvalue weighted by Crippen LogP contribution is 2.16. The molecule has 2 N–H and O–H groups in total. The Balaban J connectivity index is 2.88. The zero-order chi connectivity index (χ0) is 18.1. The van der Waals surface area contributed by atoms with Crippen molar-refractivity contribution in [3.63, 3.8) is 0 Å². The molecule has 1 aromatic rings. The molecule has 1 atom stereocenters. The molecule has 0 aliphatic carbocycles. The number of carbonyl (C=O) groups is 2. The number of carboxylic acid groups (broad SMARTS) is 1. The van der Waals surface area contributed by atoms with Crippen molar-refractivity contribution in [2.45, 2.75) is 32.7 Å². The molecule has 24 heavy (non-hydrogen) atoms. The van der Waals surface area contributed by atoms with E-state index < -0.39 is 18.4 Å². The standard InChI is InChI=1S/C17H26N2O5/c1-12(2)15(16(20)18-10-14(23-3)24-4)19(17(21)22)11-13-8-6-5-7-9-13/h5-9,12,14-15H,10-11H2,1-4H3,(H,18,20)(H,21,22)/t15-/m1/s1. The Morgan fingerprint density at radius 3 is 2.21 bits per heavy atom. The minimum atomic E-state index is -1.14. The van der Waals surface area contributed by atoms with E-state index in [4.69, 9.17) is 9.47 Å². The van der Waals surface area contributed by atoms with E-state index in [1.54, 1.807) is 0 Å². The number of rotatable bonds is 9. The molecular formula is C17H26N2O5. The van der Waals surface area contributed by atoms with Crippen molar-refractivity contribution < 1.29 is 24.2 Å². The van der Waals surface area contributed by atoms with E-state index >= 15 is 0 Å². The molecule has 7 heteroatoms. The second-order valence-corrected chi connectivity index (χ2v) is 5.73. The van der Waals surface area contributed by atoms with E-state index in [0.717, 1.165) is 10.5 Å². The van der Waals surface area contributed by atoms with E-state index in [9.17, 15) is 14.7 Å². The van der Waals surface area contributed by atoms with Crippen LogP contribution in [0, 0.1) is 5.92 Å². The van der Waals surface area contributed by atoms with Crippen LogP contribution in [0.5, 0.6) is 0 Å². The van der Waals surface area contributed by atoms with Gasteiger partial charge in [-0.2, -0.15) is 0 Å². The summed E-state index contributed by atoms with van der Waals surface area (Å²) in [7, 11) is 2.94. The van der Waals surface area contributed by atoms with Crippen molar-refractivity contribution in [1.82, 2.24) is 10.2 Å². The van der Waals surface area contributed by atoms with Crippen molar-refractivity contribution in [3.05, 3.63) is 35.9 Å². The van der Waals surface area contributed by atoms with Crippen LogP contribution in [-0.4, -0.2) is 55.1 Å². The average Bonchev–Trinajstić information content (AvgIpc) is 2.55. The molecule has 0 bridgehead atoms. The number of hydrogen-bond donors (Lipinski definition) is 2. The molecule has 0 aliphatic heterocycles. The van der Waals surface area contributed by atoms with Crippen molar-refractivity contribution in [2.75, 3.05) is 20.8 Å². The normalized spacial score (nSPS) is 12.2. The molecule has 0 saturated carbocycles. The first-order valence-corrected chi connectivity index (χ1v) is 7.77. The highest BCUT2D eigenvalue weighted by Gasteiger charge is 2.32. The molecule has 0 unspecified atom stereocenters. The van der Waals surface area contributed by atoms with Gasteiger partial charge in [0.2, 0.25) is 5.91 Å². The number of amides is 2. The molecule has 1 rings (SSSR count). The number of nitrogens with zero attached hydrogens (tertiary/aromatic N) is 1. The van der Waals surface area contributed by atoms with Crippen LogP contribution in [-0.2, 0) is 20.8 Å². The van der Waals surface area contributed by atoms with Crippen LogP contribution in [0.3, 0.4) is 0 Å². The minimum Gasteiger partial charge on any atom is -0.465 e. The Morgan fingerprint density at radius 1 is 1.17 bits per heavy atom. The Bertz CT molecular complexity index is 517. The summed E-state index contributed by atoms with van der Waals surface area (Å²) in [6, 6.07) is 8.38. The summed E-state index contributed by atoms with van der Waals surface area (Å²) in [6.07, 6.45) is -1.71. The summed E-state index contributed by atoms with van der Waals surface area (Å²) < 4.78 is 10.1. The fourth-order valence-corrected chi connectivity index (χ4v) is 2.42. The molecule has 0 saturated heterocycles. The second kappa shape index (κ2) is 9.89. The SMILES string of the molecule is COC(CNC(=O)[C@@H](C(C)C)N(Cc1ccccc1)C(=O)O)OC. The Labute approximate surface area is 142 Å². The largest absolute Gasteiger partial charge is 0.465 e. The number of nitrogens with one attached hydrogen (secondary N) is 1. The number of hydrogen-bond acceptors (Lipinski definition) is 4. The molecule has 7 nitrogen and oxygen atoms in total. The third kappa shape index (κ3) is 5.82. The number of ether oxygens (including phenoxy) is 2. The van der Waals surface area contributed by atoms with Gasteiger partial charge in [-0.3, -0.25) is 9.69 Å². The van der Waals surface area contributed by atoms with E-state index in [0.29, 0.717) is 0 Å². The summed E-state index contributed by atoms with van der Waals surface area (Å²) in [6.45, 7) is 3.92. The van der Waals surface area contributed by atoms with Crippen LogP contribution < -0.4 is 5.32 Å². The maximum absolute atomic E-state index is 12.5. The van der Waals surface area contributed by atoms with Gasteiger partial charge in [-0.25, -0.2) is 4.79 Å². The van der Waals surface area contributed by atoms with Crippen LogP contribution in [0.25, 0.3) is 0 Å². The lowest BCUT2D eigenvalue weighted by molar-refractivity contribution is -0.133. The molecule has 2 amide bonds. The van der Waals surface area contributed by atoms with Gasteiger partial charge in [0, 0.05) is 20.8 Å². The first-order chi connectivity index (χ1) is 11.4. The Hall–Kier alpha value is -2.12. The third-order valence-corrected chi connectivity index (χ3v) is 3.65. The van der Waals surface area contributed by atoms with Gasteiger partial charge < -0.3 is 19.9 Å². The van der Waals surface area contributed by atoms with Gasteiger partial charge in [0.1, 0.15) is 6.04 Å². The summed E-state index contributed by atoms with van der Waals surface area (Å²) in [5.74, 6) is -0.559. The van der Waals surface area contributed by atoms with Crippen molar-refractivity contribution >= 4 is 12.0 Å². The Morgan fingerprint density at radius 2 is 1.75 bits per heavy atom. The molecule has 134 valence electrons. The predicted octanol–water partition coefficient (Wildman–Crippen LogP) is 1.93. The number of methoxy groups -OCH3 is 2. The zero-order valence-electron chi connectivity index (χ0n) is 14.6. The molecule has 1 aromatic carbocycles. The van der Waals surface area contributed by atoms with Crippen LogP contribution in [0.15, 0.2) is 30.3 Å². The lowest BCUT2D eigenvalue weighted by Crippen LogP contribution is -2.52. The van der Waals surface area contributed by atoms with Crippen LogP contribution in [0.1, 0.15) is 19.4 Å². The van der Waals surface area contributed by atoms with Gasteiger partial charge in [-0.1, -0.05) is 44.2 Å². The lowest BCUT2D eigenvalue weighted by Gasteiger charge is -2.31. The fourth-order valence-electron chi connectivity index (χ4n) is 2.42. The van der Waals surface area contributed by atoms with Crippen molar-refractivity contribution in [3.8, 4) is 0 Å². The van der Waals surface area contributed by atoms with Gasteiger partial charge in [-0.05, 0) is 11.5 Å². The molecule has 0 spiro atoms. The maximum atomic E-state index is 12.5. The van der Waals surface area contributed by atoms with Crippen molar-refractivity contribution in [1.29, 1.82) is 0 Å². The topological polar surface area (TPSA) is 88.1 Å². The molecule has 0 aliphatic rings. The first-order valence-electron chi connectivity index (χ1n) is 7.77. The summed E-state index contributed by atoms with van der Waals surface area (Å²) >= 11 is 0. The van der Waals surface area contributed by atoms with Gasteiger partial charge in [-0.15, -0.1) is 0 Å². The van der Waals surface area contributed by atoms with Crippen LogP contribution >= 0.6 is 0 Å². The number of carbonyl (C=O) groups excluding carboxylic acids is 1. The third-order valence-electron chi connectivity index (χ3n) is 3.65. The van der Waals surface area contributed by atoms with Gasteiger partial charge in [0.15, 0.2) is 6.29 Å². The van der Waals surface area contributed by atoms with Gasteiger partial charge in [0.05, 0.1) is 6.54 Å². The molecule has 0 radical (unpaired) electrons. The second-order valence-electron chi connectivity index (χ2n) is 5.73. The van der Waals surface area contributed by atoms with Crippen LogP contribution in [0.2, 0.25) is 0 Å². The number of benzene rings is 1. The molecule has 0 fully saturated rings. The quantitative estimate of drug-likeness (QED) is 0.672. The van der Waals surface area contributed by atoms with Crippen LogP contribution in [0.4, 0.5) is 4.79 Å². The van der Waals surface area contributed by atoms with E-state index in [1.807, 2.05) is 44.2 Å². The predicted molar refractivity (Wildman–Crippen MR) is 89.5 cm³/mol. The van der Waals surface area contributed by atoms with E-state index in [1.165, 1.54) is 14.2 Å². The summed E-state index contributed by atoms with van der Waals surface area (Å²) in [5.41, 5.74) is 0.824.